The quantitative estimate of drug-likeness (QED) is 0.889. The van der Waals surface area contributed by atoms with Crippen molar-refractivity contribution < 1.29 is 9.18 Å². The van der Waals surface area contributed by atoms with Gasteiger partial charge in [0.2, 0.25) is 5.91 Å². The summed E-state index contributed by atoms with van der Waals surface area (Å²) in [7, 11) is 0. The average molecular weight is 250 g/mol. The molecule has 1 heterocycles. The second kappa shape index (κ2) is 5.48. The maximum atomic E-state index is 13.1. The molecule has 0 unspecified atom stereocenters. The fourth-order valence-corrected chi connectivity index (χ4v) is 2.72. The number of piperidine rings is 1. The minimum atomic E-state index is -0.272. The highest BCUT2D eigenvalue weighted by Crippen LogP contribution is 2.30. The minimum Gasteiger partial charge on any atom is -0.369 e. The van der Waals surface area contributed by atoms with Crippen LogP contribution in [0.15, 0.2) is 18.2 Å². The minimum absolute atomic E-state index is 0.178. The van der Waals surface area contributed by atoms with E-state index in [0.717, 1.165) is 31.5 Å². The SMILES string of the molecule is Cc1cc(F)ccc1C1CCN(CC(N)=O)CC1. The molecule has 0 bridgehead atoms. The van der Waals surface area contributed by atoms with Crippen molar-refractivity contribution in [2.24, 2.45) is 5.73 Å². The van der Waals surface area contributed by atoms with E-state index in [9.17, 15) is 9.18 Å². The molecule has 18 heavy (non-hydrogen) atoms. The number of benzene rings is 1. The van der Waals surface area contributed by atoms with E-state index < -0.39 is 0 Å². The maximum Gasteiger partial charge on any atom is 0.231 e. The summed E-state index contributed by atoms with van der Waals surface area (Å²) in [5.74, 6) is 0.0172. The van der Waals surface area contributed by atoms with Gasteiger partial charge in [0, 0.05) is 0 Å². The van der Waals surface area contributed by atoms with Crippen LogP contribution in [-0.2, 0) is 4.79 Å². The number of primary amides is 1. The Hall–Kier alpha value is -1.42. The Balaban J connectivity index is 1.99. The predicted molar refractivity (Wildman–Crippen MR) is 68.7 cm³/mol. The van der Waals surface area contributed by atoms with Gasteiger partial charge in [-0.3, -0.25) is 9.69 Å². The molecule has 3 nitrogen and oxygen atoms in total. The first-order valence-corrected chi connectivity index (χ1v) is 6.33. The molecule has 0 atom stereocenters. The van der Waals surface area contributed by atoms with Crippen LogP contribution in [0.3, 0.4) is 0 Å². The summed E-state index contributed by atoms with van der Waals surface area (Å²) in [6.45, 7) is 4.05. The van der Waals surface area contributed by atoms with Gasteiger partial charge in [0.15, 0.2) is 0 Å². The van der Waals surface area contributed by atoms with Crippen LogP contribution >= 0.6 is 0 Å². The van der Waals surface area contributed by atoms with Crippen molar-refractivity contribution in [3.63, 3.8) is 0 Å². The zero-order valence-corrected chi connectivity index (χ0v) is 10.7. The number of amides is 1. The van der Waals surface area contributed by atoms with E-state index >= 15 is 0 Å². The number of likely N-dealkylation sites (tertiary alicyclic amines) is 1. The van der Waals surface area contributed by atoms with Crippen molar-refractivity contribution in [3.8, 4) is 0 Å². The number of hydrogen-bond acceptors (Lipinski definition) is 2. The molecular formula is C14H19FN2O. The number of nitrogens with zero attached hydrogens (tertiary/aromatic N) is 1. The van der Waals surface area contributed by atoms with E-state index in [-0.39, 0.29) is 11.7 Å². The molecule has 98 valence electrons. The molecule has 0 aliphatic carbocycles. The van der Waals surface area contributed by atoms with Gasteiger partial charge in [0.05, 0.1) is 6.54 Å². The maximum absolute atomic E-state index is 13.1. The molecule has 1 fully saturated rings. The molecule has 1 aromatic rings. The number of hydrogen-bond donors (Lipinski definition) is 1. The third-order valence-corrected chi connectivity index (χ3v) is 3.64. The zero-order chi connectivity index (χ0) is 13.1. The molecule has 4 heteroatoms. The van der Waals surface area contributed by atoms with Crippen LogP contribution in [-0.4, -0.2) is 30.4 Å². The first-order chi connectivity index (χ1) is 8.56. The summed E-state index contributed by atoms with van der Waals surface area (Å²) in [5.41, 5.74) is 7.44. The van der Waals surface area contributed by atoms with E-state index in [1.807, 2.05) is 13.0 Å². The summed E-state index contributed by atoms with van der Waals surface area (Å²) in [6.07, 6.45) is 2.00. The first kappa shape index (κ1) is 13.0. The Labute approximate surface area is 107 Å². The molecule has 1 amide bonds. The first-order valence-electron chi connectivity index (χ1n) is 6.33. The van der Waals surface area contributed by atoms with Crippen LogP contribution in [0.2, 0.25) is 0 Å². The van der Waals surface area contributed by atoms with Crippen LogP contribution in [0.1, 0.15) is 29.9 Å². The lowest BCUT2D eigenvalue weighted by atomic mass is 9.87. The van der Waals surface area contributed by atoms with Crippen molar-refractivity contribution in [2.75, 3.05) is 19.6 Å². The number of aryl methyl sites for hydroxylation is 1. The smallest absolute Gasteiger partial charge is 0.231 e. The lowest BCUT2D eigenvalue weighted by molar-refractivity contribution is -0.119. The topological polar surface area (TPSA) is 46.3 Å². The van der Waals surface area contributed by atoms with Crippen molar-refractivity contribution >= 4 is 5.91 Å². The number of nitrogens with two attached hydrogens (primary N) is 1. The van der Waals surface area contributed by atoms with Crippen LogP contribution < -0.4 is 5.73 Å². The molecule has 0 spiro atoms. The number of rotatable bonds is 3. The van der Waals surface area contributed by atoms with Gasteiger partial charge in [-0.05, 0) is 62.0 Å². The standard InChI is InChI=1S/C14H19FN2O/c1-10-8-12(15)2-3-13(10)11-4-6-17(7-5-11)9-14(16)18/h2-3,8,11H,4-7,9H2,1H3,(H2,16,18). The Bertz CT molecular complexity index is 439. The third-order valence-electron chi connectivity index (χ3n) is 3.64. The Morgan fingerprint density at radius 3 is 2.67 bits per heavy atom. The second-order valence-corrected chi connectivity index (χ2v) is 5.02. The molecule has 2 rings (SSSR count). The Kier molecular flexibility index (Phi) is 3.97. The van der Waals surface area contributed by atoms with Crippen molar-refractivity contribution in [3.05, 3.63) is 35.1 Å². The lowest BCUT2D eigenvalue weighted by Gasteiger charge is -2.31. The van der Waals surface area contributed by atoms with E-state index in [4.69, 9.17) is 5.73 Å². The monoisotopic (exact) mass is 250 g/mol. The van der Waals surface area contributed by atoms with Gasteiger partial charge < -0.3 is 5.73 Å². The summed E-state index contributed by atoms with van der Waals surface area (Å²) in [4.78, 5) is 12.9. The highest BCUT2D eigenvalue weighted by Gasteiger charge is 2.22. The van der Waals surface area contributed by atoms with Crippen LogP contribution in [0.25, 0.3) is 0 Å². The molecule has 1 aromatic carbocycles. The lowest BCUT2D eigenvalue weighted by Crippen LogP contribution is -2.39. The molecule has 0 saturated carbocycles. The average Bonchev–Trinajstić information content (AvgIpc) is 2.30. The predicted octanol–water partition coefficient (Wildman–Crippen LogP) is 1.80. The molecule has 1 aliphatic heterocycles. The second-order valence-electron chi connectivity index (χ2n) is 5.02. The largest absolute Gasteiger partial charge is 0.369 e. The number of carbonyl (C=O) groups is 1. The van der Waals surface area contributed by atoms with Gasteiger partial charge >= 0.3 is 0 Å². The molecule has 0 aromatic heterocycles. The Morgan fingerprint density at radius 2 is 2.11 bits per heavy atom. The van der Waals surface area contributed by atoms with E-state index in [1.165, 1.54) is 11.6 Å². The molecular weight excluding hydrogens is 231 g/mol. The summed E-state index contributed by atoms with van der Waals surface area (Å²) < 4.78 is 13.1. The van der Waals surface area contributed by atoms with Gasteiger partial charge in [-0.2, -0.15) is 0 Å². The molecule has 1 saturated heterocycles. The van der Waals surface area contributed by atoms with Gasteiger partial charge in [-0.1, -0.05) is 6.07 Å². The van der Waals surface area contributed by atoms with Gasteiger partial charge in [-0.25, -0.2) is 4.39 Å². The normalized spacial score (nSPS) is 17.9. The summed E-state index contributed by atoms with van der Waals surface area (Å²) in [6, 6.07) is 5.00. The zero-order valence-electron chi connectivity index (χ0n) is 10.7. The van der Waals surface area contributed by atoms with Gasteiger partial charge in [-0.15, -0.1) is 0 Å². The van der Waals surface area contributed by atoms with Crippen LogP contribution in [0.5, 0.6) is 0 Å². The summed E-state index contributed by atoms with van der Waals surface area (Å²) >= 11 is 0. The van der Waals surface area contributed by atoms with Crippen molar-refractivity contribution in [1.82, 2.24) is 4.90 Å². The Morgan fingerprint density at radius 1 is 1.44 bits per heavy atom. The van der Waals surface area contributed by atoms with Crippen LogP contribution in [0, 0.1) is 12.7 Å². The summed E-state index contributed by atoms with van der Waals surface area (Å²) in [5, 5.41) is 0. The fraction of sp³-hybridized carbons (Fsp3) is 0.500. The molecule has 0 radical (unpaired) electrons. The highest BCUT2D eigenvalue weighted by atomic mass is 19.1. The van der Waals surface area contributed by atoms with E-state index in [1.54, 1.807) is 6.07 Å². The highest BCUT2D eigenvalue weighted by molar-refractivity contribution is 5.75. The number of halogens is 1. The van der Waals surface area contributed by atoms with Gasteiger partial charge in [0.1, 0.15) is 5.82 Å². The molecule has 2 N–H and O–H groups in total. The van der Waals surface area contributed by atoms with Crippen molar-refractivity contribution in [1.29, 1.82) is 0 Å². The van der Waals surface area contributed by atoms with Crippen molar-refractivity contribution in [2.45, 2.75) is 25.7 Å². The van der Waals surface area contributed by atoms with Gasteiger partial charge in [0.25, 0.3) is 0 Å². The fourth-order valence-electron chi connectivity index (χ4n) is 2.72. The van der Waals surface area contributed by atoms with E-state index in [2.05, 4.69) is 4.90 Å². The van der Waals surface area contributed by atoms with E-state index in [0.29, 0.717) is 12.5 Å². The number of carbonyl (C=O) groups excluding carboxylic acids is 1. The van der Waals surface area contributed by atoms with Crippen LogP contribution in [0.4, 0.5) is 4.39 Å². The third kappa shape index (κ3) is 3.07. The molecule has 1 aliphatic rings.